The van der Waals surface area contributed by atoms with Crippen molar-refractivity contribution in [3.8, 4) is 28.2 Å². The molecule has 12 heteroatoms. The number of benzene rings is 3. The lowest BCUT2D eigenvalue weighted by atomic mass is 9.89. The van der Waals surface area contributed by atoms with Crippen molar-refractivity contribution in [1.82, 2.24) is 5.32 Å². The summed E-state index contributed by atoms with van der Waals surface area (Å²) in [4.78, 5) is 54.4. The first-order chi connectivity index (χ1) is 18.5. The van der Waals surface area contributed by atoms with Gasteiger partial charge in [0.25, 0.3) is 5.91 Å². The zero-order chi connectivity index (χ0) is 28.2. The summed E-state index contributed by atoms with van der Waals surface area (Å²) in [7, 11) is -4.47. The Morgan fingerprint density at radius 2 is 1.69 bits per heavy atom. The Bertz CT molecular complexity index is 1610. The first-order valence-electron chi connectivity index (χ1n) is 12.1. The number of amides is 1. The minimum atomic E-state index is -4.47. The van der Waals surface area contributed by atoms with E-state index in [9.17, 15) is 29.2 Å². The van der Waals surface area contributed by atoms with E-state index in [0.717, 1.165) is 0 Å². The molecule has 204 valence electrons. The highest BCUT2D eigenvalue weighted by atomic mass is 31.2. The number of carbonyl (C=O) groups excluding carboxylic acids is 1. The van der Waals surface area contributed by atoms with Gasteiger partial charge < -0.3 is 29.7 Å². The molecule has 0 aromatic heterocycles. The average molecular weight is 555 g/mol. The molecule has 2 aromatic rings. The maximum atomic E-state index is 12.9. The number of carboxylic acid groups (broad SMARTS) is 1. The number of phenols is 1. The second-order valence-electron chi connectivity index (χ2n) is 8.87. The molecule has 1 aliphatic carbocycles. The molecule has 1 amide bonds. The molecule has 0 radical (unpaired) electrons. The fraction of sp³-hybridized carbons (Fsp3) is 0.222. The maximum Gasteiger partial charge on any atom is 0.469 e. The van der Waals surface area contributed by atoms with E-state index in [2.05, 4.69) is 9.84 Å². The second kappa shape index (κ2) is 11.8. The molecule has 1 aliphatic heterocycles. The summed E-state index contributed by atoms with van der Waals surface area (Å²) < 4.78 is 20.9. The number of aromatic hydroxyl groups is 1. The van der Waals surface area contributed by atoms with Gasteiger partial charge in [-0.15, -0.1) is 0 Å². The van der Waals surface area contributed by atoms with Crippen molar-refractivity contribution >= 4 is 30.7 Å². The Labute approximate surface area is 222 Å². The summed E-state index contributed by atoms with van der Waals surface area (Å²) in [5.74, 6) is -1.49. The lowest BCUT2D eigenvalue weighted by Gasteiger charge is -2.17. The van der Waals surface area contributed by atoms with Crippen LogP contribution in [-0.2, 0) is 9.09 Å². The van der Waals surface area contributed by atoms with Crippen molar-refractivity contribution in [1.29, 1.82) is 0 Å². The SMILES string of the molecule is O=C(NCCCCCCOP(=O)(O)O)c1ccc(C(=O)O)c(-c2c3ccc(=O)cc-3oc3cc(O)ccc23)c1. The Morgan fingerprint density at radius 3 is 2.44 bits per heavy atom. The highest BCUT2D eigenvalue weighted by Crippen LogP contribution is 2.42. The molecule has 11 nitrogen and oxygen atoms in total. The molecule has 1 heterocycles. The monoisotopic (exact) mass is 555 g/mol. The van der Waals surface area contributed by atoms with Crippen LogP contribution in [0.4, 0.5) is 0 Å². The van der Waals surface area contributed by atoms with Gasteiger partial charge in [-0.05, 0) is 60.9 Å². The molecule has 5 N–H and O–H groups in total. The smallest absolute Gasteiger partial charge is 0.469 e. The molecule has 2 aliphatic rings. The van der Waals surface area contributed by atoms with Crippen LogP contribution in [0.5, 0.6) is 5.75 Å². The zero-order valence-corrected chi connectivity index (χ0v) is 21.5. The molecule has 0 saturated heterocycles. The summed E-state index contributed by atoms with van der Waals surface area (Å²) in [5.41, 5.74) is 1.25. The van der Waals surface area contributed by atoms with Crippen molar-refractivity contribution < 1.29 is 43.1 Å². The molecular formula is C27H26NO10P. The lowest BCUT2D eigenvalue weighted by molar-refractivity contribution is 0.0697. The fourth-order valence-corrected chi connectivity index (χ4v) is 4.66. The number of carbonyl (C=O) groups is 2. The van der Waals surface area contributed by atoms with E-state index in [-0.39, 0.29) is 45.8 Å². The molecule has 0 bridgehead atoms. The normalized spacial score (nSPS) is 11.6. The predicted octanol–water partition coefficient (Wildman–Crippen LogP) is 4.37. The molecule has 0 atom stereocenters. The van der Waals surface area contributed by atoms with Gasteiger partial charge >= 0.3 is 13.8 Å². The van der Waals surface area contributed by atoms with Crippen LogP contribution in [0.25, 0.3) is 33.4 Å². The van der Waals surface area contributed by atoms with Crippen LogP contribution >= 0.6 is 7.82 Å². The van der Waals surface area contributed by atoms with Gasteiger partial charge in [-0.2, -0.15) is 0 Å². The minimum absolute atomic E-state index is 0.0543. The standard InChI is InChI=1S/C27H26NO10P/c29-17-6-9-20-23(14-17)38-24-15-18(30)7-10-21(24)25(20)22-13-16(5-8-19(22)27(32)33)26(31)28-11-3-1-2-4-12-37-39(34,35)36/h5-10,13-15,29H,1-4,11-12H2,(H,28,31)(H,32,33)(H2,34,35,36). The number of fused-ring (bicyclic) bond motifs is 2. The van der Waals surface area contributed by atoms with Gasteiger partial charge in [-0.1, -0.05) is 12.8 Å². The quantitative estimate of drug-likeness (QED) is 0.101. The van der Waals surface area contributed by atoms with E-state index in [4.69, 9.17) is 14.2 Å². The van der Waals surface area contributed by atoms with Crippen LogP contribution in [-0.4, -0.2) is 45.0 Å². The number of phenolic OH excluding ortho intramolecular Hbond substituents is 1. The van der Waals surface area contributed by atoms with Crippen molar-refractivity contribution in [3.63, 3.8) is 0 Å². The molecule has 4 rings (SSSR count). The fourth-order valence-electron chi connectivity index (χ4n) is 4.30. The third kappa shape index (κ3) is 6.90. The second-order valence-corrected chi connectivity index (χ2v) is 10.1. The van der Waals surface area contributed by atoms with Gasteiger partial charge in [0.2, 0.25) is 0 Å². The number of nitrogens with one attached hydrogen (secondary N) is 1. The Hall–Kier alpha value is -4.02. The highest BCUT2D eigenvalue weighted by Gasteiger charge is 2.23. The van der Waals surface area contributed by atoms with Gasteiger partial charge in [-0.25, -0.2) is 9.36 Å². The van der Waals surface area contributed by atoms with Crippen LogP contribution in [0.2, 0.25) is 0 Å². The summed E-state index contributed by atoms with van der Waals surface area (Å²) in [6.07, 6.45) is 2.45. The third-order valence-electron chi connectivity index (χ3n) is 6.07. The van der Waals surface area contributed by atoms with Crippen LogP contribution in [0.15, 0.2) is 63.8 Å². The Balaban J connectivity index is 1.60. The zero-order valence-electron chi connectivity index (χ0n) is 20.6. The van der Waals surface area contributed by atoms with Gasteiger partial charge in [0.05, 0.1) is 12.2 Å². The number of phosphoric ester groups is 1. The Morgan fingerprint density at radius 1 is 0.923 bits per heavy atom. The molecule has 39 heavy (non-hydrogen) atoms. The van der Waals surface area contributed by atoms with E-state index in [1.165, 1.54) is 48.5 Å². The number of hydrogen-bond acceptors (Lipinski definition) is 7. The molecule has 0 saturated carbocycles. The van der Waals surface area contributed by atoms with Crippen molar-refractivity contribution in [2.75, 3.05) is 13.2 Å². The van der Waals surface area contributed by atoms with Crippen molar-refractivity contribution in [2.45, 2.75) is 25.7 Å². The summed E-state index contributed by atoms with van der Waals surface area (Å²) in [6, 6.07) is 12.8. The van der Waals surface area contributed by atoms with Crippen molar-refractivity contribution in [2.24, 2.45) is 0 Å². The molecule has 0 unspecified atom stereocenters. The lowest BCUT2D eigenvalue weighted by Crippen LogP contribution is -2.24. The van der Waals surface area contributed by atoms with Crippen LogP contribution < -0.4 is 10.7 Å². The topological polar surface area (TPSA) is 184 Å². The maximum absolute atomic E-state index is 12.9. The highest BCUT2D eigenvalue weighted by molar-refractivity contribution is 7.46. The first-order valence-corrected chi connectivity index (χ1v) is 13.6. The van der Waals surface area contributed by atoms with E-state index in [1.54, 1.807) is 6.07 Å². The van der Waals surface area contributed by atoms with E-state index in [1.807, 2.05) is 0 Å². The number of rotatable bonds is 11. The molecular weight excluding hydrogens is 529 g/mol. The van der Waals surface area contributed by atoms with E-state index >= 15 is 0 Å². The number of phosphoric acid groups is 1. The Kier molecular flexibility index (Phi) is 8.47. The van der Waals surface area contributed by atoms with Crippen LogP contribution in [0, 0.1) is 0 Å². The average Bonchev–Trinajstić information content (AvgIpc) is 2.87. The number of aromatic carboxylic acids is 1. The van der Waals surface area contributed by atoms with Gasteiger partial charge in [-0.3, -0.25) is 14.1 Å². The summed E-state index contributed by atoms with van der Waals surface area (Å²) in [6.45, 7) is 0.289. The number of unbranched alkanes of at least 4 members (excludes halogenated alkanes) is 3. The first kappa shape index (κ1) is 28.0. The number of hydrogen-bond donors (Lipinski definition) is 5. The molecule has 0 fully saturated rings. The number of carboxylic acids is 1. The van der Waals surface area contributed by atoms with Gasteiger partial charge in [0, 0.05) is 40.8 Å². The van der Waals surface area contributed by atoms with E-state index in [0.29, 0.717) is 48.7 Å². The molecule has 0 spiro atoms. The summed E-state index contributed by atoms with van der Waals surface area (Å²) >= 11 is 0. The van der Waals surface area contributed by atoms with Crippen molar-refractivity contribution in [3.05, 3.63) is 75.9 Å². The van der Waals surface area contributed by atoms with E-state index < -0.39 is 19.7 Å². The van der Waals surface area contributed by atoms with Crippen LogP contribution in [0.3, 0.4) is 0 Å². The van der Waals surface area contributed by atoms with Gasteiger partial charge in [0.15, 0.2) is 5.43 Å². The largest absolute Gasteiger partial charge is 0.508 e. The predicted molar refractivity (Wildman–Crippen MR) is 142 cm³/mol. The minimum Gasteiger partial charge on any atom is -0.508 e. The molecule has 2 aromatic carbocycles. The van der Waals surface area contributed by atoms with Gasteiger partial charge in [0.1, 0.15) is 17.1 Å². The summed E-state index contributed by atoms with van der Waals surface area (Å²) in [5, 5.41) is 23.2. The van der Waals surface area contributed by atoms with Crippen LogP contribution in [0.1, 0.15) is 46.4 Å². The third-order valence-corrected chi connectivity index (χ3v) is 6.59.